The zero-order valence-electron chi connectivity index (χ0n) is 8.98. The summed E-state index contributed by atoms with van der Waals surface area (Å²) in [5, 5.41) is 3.23. The van der Waals surface area contributed by atoms with Crippen molar-refractivity contribution in [3.05, 3.63) is 45.7 Å². The van der Waals surface area contributed by atoms with E-state index in [4.69, 9.17) is 0 Å². The van der Waals surface area contributed by atoms with E-state index < -0.39 is 0 Å². The van der Waals surface area contributed by atoms with Crippen LogP contribution in [0.5, 0.6) is 0 Å². The Morgan fingerprint density at radius 1 is 1.47 bits per heavy atom. The van der Waals surface area contributed by atoms with Crippen molar-refractivity contribution in [2.45, 2.75) is 20.4 Å². The minimum Gasteiger partial charge on any atom is -0.309 e. The van der Waals surface area contributed by atoms with Crippen LogP contribution in [0.2, 0.25) is 0 Å². The van der Waals surface area contributed by atoms with Gasteiger partial charge in [-0.2, -0.15) is 0 Å². The van der Waals surface area contributed by atoms with Gasteiger partial charge in [0.2, 0.25) is 0 Å². The van der Waals surface area contributed by atoms with E-state index in [1.807, 2.05) is 0 Å². The summed E-state index contributed by atoms with van der Waals surface area (Å²) in [5.41, 5.74) is 2.22. The van der Waals surface area contributed by atoms with E-state index in [9.17, 15) is 4.39 Å². The summed E-state index contributed by atoms with van der Waals surface area (Å²) in [5.74, 6) is -0.197. The molecule has 0 atom stereocenters. The number of allylic oxidation sites excluding steroid dienone is 1. The van der Waals surface area contributed by atoms with Crippen LogP contribution in [-0.4, -0.2) is 6.54 Å². The number of nitrogens with one attached hydrogen (secondary N) is 1. The predicted molar refractivity (Wildman–Crippen MR) is 65.2 cm³/mol. The number of rotatable bonds is 4. The summed E-state index contributed by atoms with van der Waals surface area (Å²) >= 11 is 3.39. The van der Waals surface area contributed by atoms with Crippen LogP contribution < -0.4 is 5.32 Å². The molecule has 1 N–H and O–H groups in total. The van der Waals surface area contributed by atoms with E-state index in [2.05, 4.69) is 41.2 Å². The maximum absolute atomic E-state index is 12.9. The number of hydrogen-bond donors (Lipinski definition) is 1. The van der Waals surface area contributed by atoms with E-state index in [-0.39, 0.29) is 5.82 Å². The average Bonchev–Trinajstić information content (AvgIpc) is 2.17. The molecular weight excluding hydrogens is 257 g/mol. The highest BCUT2D eigenvalue weighted by atomic mass is 79.9. The zero-order valence-corrected chi connectivity index (χ0v) is 10.6. The smallest absolute Gasteiger partial charge is 0.123 e. The molecule has 0 saturated carbocycles. The van der Waals surface area contributed by atoms with Gasteiger partial charge in [-0.1, -0.05) is 27.6 Å². The second-order valence-electron chi connectivity index (χ2n) is 3.65. The van der Waals surface area contributed by atoms with Gasteiger partial charge in [-0.25, -0.2) is 4.39 Å². The summed E-state index contributed by atoms with van der Waals surface area (Å²) in [6.07, 6.45) is 2.10. The monoisotopic (exact) mass is 271 g/mol. The quantitative estimate of drug-likeness (QED) is 0.651. The standard InChI is InChI=1S/C12H15BrFN/c1-9(2)5-6-15-8-10-7-11(14)3-4-12(10)13/h3-5,7,15H,6,8H2,1-2H3. The molecule has 0 unspecified atom stereocenters. The summed E-state index contributed by atoms with van der Waals surface area (Å²) < 4.78 is 13.9. The molecule has 15 heavy (non-hydrogen) atoms. The van der Waals surface area contributed by atoms with Crippen LogP contribution in [0.1, 0.15) is 19.4 Å². The minimum atomic E-state index is -0.197. The Morgan fingerprint density at radius 2 is 2.20 bits per heavy atom. The molecule has 0 aromatic heterocycles. The molecule has 0 aliphatic carbocycles. The van der Waals surface area contributed by atoms with Gasteiger partial charge in [0.25, 0.3) is 0 Å². The van der Waals surface area contributed by atoms with Crippen molar-refractivity contribution >= 4 is 15.9 Å². The van der Waals surface area contributed by atoms with Gasteiger partial charge in [-0.15, -0.1) is 0 Å². The summed E-state index contributed by atoms with van der Waals surface area (Å²) in [6, 6.07) is 4.72. The molecule has 0 aliphatic heterocycles. The number of hydrogen-bond acceptors (Lipinski definition) is 1. The van der Waals surface area contributed by atoms with Gasteiger partial charge < -0.3 is 5.32 Å². The van der Waals surface area contributed by atoms with Gasteiger partial charge >= 0.3 is 0 Å². The molecule has 1 rings (SSSR count). The molecule has 82 valence electrons. The van der Waals surface area contributed by atoms with Crippen molar-refractivity contribution in [2.24, 2.45) is 0 Å². The summed E-state index contributed by atoms with van der Waals surface area (Å²) in [7, 11) is 0. The first-order valence-corrected chi connectivity index (χ1v) is 5.67. The molecule has 0 bridgehead atoms. The van der Waals surface area contributed by atoms with Crippen LogP contribution in [0.15, 0.2) is 34.3 Å². The molecule has 0 fully saturated rings. The summed E-state index contributed by atoms with van der Waals surface area (Å²) in [6.45, 7) is 5.59. The molecule has 3 heteroatoms. The van der Waals surface area contributed by atoms with Gasteiger partial charge in [0.05, 0.1) is 0 Å². The highest BCUT2D eigenvalue weighted by molar-refractivity contribution is 9.10. The van der Waals surface area contributed by atoms with Crippen molar-refractivity contribution in [1.82, 2.24) is 5.32 Å². The third-order valence-corrected chi connectivity index (χ3v) is 2.75. The summed E-state index contributed by atoms with van der Waals surface area (Å²) in [4.78, 5) is 0. The maximum atomic E-state index is 12.9. The van der Waals surface area contributed by atoms with E-state index in [0.29, 0.717) is 6.54 Å². The first kappa shape index (κ1) is 12.4. The van der Waals surface area contributed by atoms with Crippen molar-refractivity contribution in [1.29, 1.82) is 0 Å². The van der Waals surface area contributed by atoms with Crippen molar-refractivity contribution < 1.29 is 4.39 Å². The molecule has 1 aromatic carbocycles. The second kappa shape index (κ2) is 6.03. The second-order valence-corrected chi connectivity index (χ2v) is 4.50. The lowest BCUT2D eigenvalue weighted by atomic mass is 10.2. The van der Waals surface area contributed by atoms with Crippen LogP contribution in [0.3, 0.4) is 0 Å². The van der Waals surface area contributed by atoms with E-state index in [1.54, 1.807) is 12.1 Å². The van der Waals surface area contributed by atoms with Crippen LogP contribution in [0, 0.1) is 5.82 Å². The normalized spacial score (nSPS) is 10.1. The maximum Gasteiger partial charge on any atom is 0.123 e. The molecular formula is C12H15BrFN. The van der Waals surface area contributed by atoms with Gasteiger partial charge in [-0.05, 0) is 37.6 Å². The zero-order chi connectivity index (χ0) is 11.3. The van der Waals surface area contributed by atoms with E-state index in [0.717, 1.165) is 16.6 Å². The molecule has 0 heterocycles. The van der Waals surface area contributed by atoms with Crippen molar-refractivity contribution in [2.75, 3.05) is 6.54 Å². The van der Waals surface area contributed by atoms with Crippen LogP contribution >= 0.6 is 15.9 Å². The molecule has 0 radical (unpaired) electrons. The lowest BCUT2D eigenvalue weighted by Gasteiger charge is -2.05. The van der Waals surface area contributed by atoms with Crippen molar-refractivity contribution in [3.63, 3.8) is 0 Å². The van der Waals surface area contributed by atoms with E-state index in [1.165, 1.54) is 11.6 Å². The average molecular weight is 272 g/mol. The largest absolute Gasteiger partial charge is 0.309 e. The Bertz CT molecular complexity index is 357. The van der Waals surface area contributed by atoms with Gasteiger partial charge in [0, 0.05) is 17.6 Å². The number of benzene rings is 1. The first-order chi connectivity index (χ1) is 7.09. The van der Waals surface area contributed by atoms with Gasteiger partial charge in [0.1, 0.15) is 5.82 Å². The van der Waals surface area contributed by atoms with Crippen LogP contribution in [0.25, 0.3) is 0 Å². The van der Waals surface area contributed by atoms with Gasteiger partial charge in [0.15, 0.2) is 0 Å². The third kappa shape index (κ3) is 4.58. The van der Waals surface area contributed by atoms with Crippen LogP contribution in [-0.2, 0) is 6.54 Å². The molecule has 0 spiro atoms. The lowest BCUT2D eigenvalue weighted by molar-refractivity contribution is 0.622. The van der Waals surface area contributed by atoms with Gasteiger partial charge in [-0.3, -0.25) is 0 Å². The molecule has 1 aromatic rings. The first-order valence-electron chi connectivity index (χ1n) is 4.87. The highest BCUT2D eigenvalue weighted by Gasteiger charge is 2.00. The molecule has 0 aliphatic rings. The highest BCUT2D eigenvalue weighted by Crippen LogP contribution is 2.17. The fourth-order valence-electron chi connectivity index (χ4n) is 1.16. The Balaban J connectivity index is 2.50. The molecule has 0 saturated heterocycles. The third-order valence-electron chi connectivity index (χ3n) is 1.98. The number of halogens is 2. The Hall–Kier alpha value is -0.670. The predicted octanol–water partition coefficient (Wildman–Crippen LogP) is 3.64. The fourth-order valence-corrected chi connectivity index (χ4v) is 1.55. The lowest BCUT2D eigenvalue weighted by Crippen LogP contribution is -2.13. The molecule has 0 amide bonds. The topological polar surface area (TPSA) is 12.0 Å². The van der Waals surface area contributed by atoms with Crippen LogP contribution in [0.4, 0.5) is 4.39 Å². The SMILES string of the molecule is CC(C)=CCNCc1cc(F)ccc1Br. The van der Waals surface area contributed by atoms with Crippen molar-refractivity contribution in [3.8, 4) is 0 Å². The Morgan fingerprint density at radius 3 is 2.87 bits per heavy atom. The minimum absolute atomic E-state index is 0.197. The molecule has 1 nitrogen and oxygen atoms in total. The van der Waals surface area contributed by atoms with E-state index >= 15 is 0 Å². The fraction of sp³-hybridized carbons (Fsp3) is 0.333. The Kier molecular flexibility index (Phi) is 4.99. The Labute approximate surface area is 98.5 Å².